The van der Waals surface area contributed by atoms with E-state index in [9.17, 15) is 4.39 Å². The average Bonchev–Trinajstić information content (AvgIpc) is 2.41. The molecule has 1 spiro atoms. The lowest BCUT2D eigenvalue weighted by Crippen LogP contribution is -2.58. The first-order chi connectivity index (χ1) is 8.72. The normalized spacial score (nSPS) is 29.9. The Labute approximate surface area is 112 Å². The summed E-state index contributed by atoms with van der Waals surface area (Å²) in [4.78, 5) is 0. The second-order valence-electron chi connectivity index (χ2n) is 5.53. The van der Waals surface area contributed by atoms with Gasteiger partial charge in [-0.3, -0.25) is 0 Å². The number of hydrogen-bond donors (Lipinski definition) is 0. The zero-order valence-corrected chi connectivity index (χ0v) is 11.1. The first-order valence-corrected chi connectivity index (χ1v) is 7.21. The van der Waals surface area contributed by atoms with E-state index in [0.29, 0.717) is 5.75 Å². The van der Waals surface area contributed by atoms with Crippen molar-refractivity contribution < 1.29 is 9.13 Å². The van der Waals surface area contributed by atoms with Crippen LogP contribution in [0.5, 0.6) is 5.75 Å². The summed E-state index contributed by atoms with van der Waals surface area (Å²) in [5, 5.41) is 0.203. The molecule has 0 saturated heterocycles. The molecule has 98 valence electrons. The smallest absolute Gasteiger partial charge is 0.165 e. The van der Waals surface area contributed by atoms with Crippen LogP contribution in [0.15, 0.2) is 24.3 Å². The topological polar surface area (TPSA) is 9.23 Å². The van der Waals surface area contributed by atoms with Gasteiger partial charge in [-0.25, -0.2) is 4.39 Å². The Morgan fingerprint density at radius 2 is 1.89 bits per heavy atom. The Kier molecular flexibility index (Phi) is 3.23. The number of halogens is 2. The van der Waals surface area contributed by atoms with Gasteiger partial charge in [-0.2, -0.15) is 0 Å². The van der Waals surface area contributed by atoms with Crippen LogP contribution < -0.4 is 4.74 Å². The summed E-state index contributed by atoms with van der Waals surface area (Å²) in [5.41, 5.74) is 0.0993. The molecule has 2 atom stereocenters. The van der Waals surface area contributed by atoms with E-state index in [4.69, 9.17) is 16.3 Å². The van der Waals surface area contributed by atoms with Crippen LogP contribution in [0.2, 0.25) is 0 Å². The molecule has 3 heteroatoms. The molecule has 0 aromatic heterocycles. The SMILES string of the molecule is Fc1ccccc1OC1CC(Cl)C12CCCCC2. The van der Waals surface area contributed by atoms with Gasteiger partial charge in [0.15, 0.2) is 11.6 Å². The minimum Gasteiger partial charge on any atom is -0.487 e. The van der Waals surface area contributed by atoms with Gasteiger partial charge in [-0.05, 0) is 25.0 Å². The molecule has 0 radical (unpaired) electrons. The standard InChI is InChI=1S/C15H18ClFO/c16-13-10-14(15(13)8-4-1-5-9-15)18-12-7-3-2-6-11(12)17/h2-3,6-7,13-14H,1,4-5,8-10H2. The van der Waals surface area contributed by atoms with E-state index < -0.39 is 0 Å². The summed E-state index contributed by atoms with van der Waals surface area (Å²) in [6.45, 7) is 0. The molecule has 1 aromatic carbocycles. The third kappa shape index (κ3) is 1.91. The third-order valence-corrected chi connectivity index (χ3v) is 5.19. The second-order valence-corrected chi connectivity index (χ2v) is 6.06. The summed E-state index contributed by atoms with van der Waals surface area (Å²) < 4.78 is 19.5. The van der Waals surface area contributed by atoms with Gasteiger partial charge in [0.2, 0.25) is 0 Å². The van der Waals surface area contributed by atoms with E-state index in [2.05, 4.69) is 0 Å². The molecule has 0 bridgehead atoms. The Balaban J connectivity index is 1.75. The van der Waals surface area contributed by atoms with Gasteiger partial charge in [0.05, 0.1) is 0 Å². The largest absolute Gasteiger partial charge is 0.487 e. The van der Waals surface area contributed by atoms with Gasteiger partial charge in [0.25, 0.3) is 0 Å². The fourth-order valence-corrected chi connectivity index (χ4v) is 3.92. The Morgan fingerprint density at radius 1 is 1.17 bits per heavy atom. The van der Waals surface area contributed by atoms with Crippen LogP contribution >= 0.6 is 11.6 Å². The highest BCUT2D eigenvalue weighted by atomic mass is 35.5. The van der Waals surface area contributed by atoms with Crippen LogP contribution in [0, 0.1) is 11.2 Å². The van der Waals surface area contributed by atoms with Crippen LogP contribution in [0.4, 0.5) is 4.39 Å². The minimum absolute atomic E-state index is 0.0946. The molecule has 2 aliphatic carbocycles. The molecule has 2 unspecified atom stereocenters. The molecular formula is C15H18ClFO. The summed E-state index contributed by atoms with van der Waals surface area (Å²) in [6.07, 6.45) is 6.92. The zero-order valence-electron chi connectivity index (χ0n) is 10.4. The number of alkyl halides is 1. The van der Waals surface area contributed by atoms with Crippen molar-refractivity contribution in [3.05, 3.63) is 30.1 Å². The number of rotatable bonds is 2. The van der Waals surface area contributed by atoms with Crippen molar-refractivity contribution in [3.8, 4) is 5.75 Å². The highest BCUT2D eigenvalue weighted by molar-refractivity contribution is 6.21. The molecular weight excluding hydrogens is 251 g/mol. The van der Waals surface area contributed by atoms with Gasteiger partial charge in [-0.15, -0.1) is 11.6 Å². The minimum atomic E-state index is -0.276. The third-order valence-electron chi connectivity index (χ3n) is 4.58. The quantitative estimate of drug-likeness (QED) is 0.716. The molecule has 18 heavy (non-hydrogen) atoms. The van der Waals surface area contributed by atoms with E-state index in [1.54, 1.807) is 12.1 Å². The van der Waals surface area contributed by atoms with Crippen molar-refractivity contribution in [3.63, 3.8) is 0 Å². The van der Waals surface area contributed by atoms with Crippen molar-refractivity contribution in [2.45, 2.75) is 50.0 Å². The van der Waals surface area contributed by atoms with Gasteiger partial charge in [0, 0.05) is 17.2 Å². The maximum absolute atomic E-state index is 13.6. The van der Waals surface area contributed by atoms with Crippen LogP contribution in [0.25, 0.3) is 0 Å². The highest BCUT2D eigenvalue weighted by Crippen LogP contribution is 2.55. The summed E-state index contributed by atoms with van der Waals surface area (Å²) in [6, 6.07) is 6.64. The van der Waals surface area contributed by atoms with E-state index in [1.165, 1.54) is 25.3 Å². The van der Waals surface area contributed by atoms with E-state index >= 15 is 0 Å². The Hall–Kier alpha value is -0.760. The number of benzene rings is 1. The van der Waals surface area contributed by atoms with Gasteiger partial charge in [-0.1, -0.05) is 31.4 Å². The van der Waals surface area contributed by atoms with Gasteiger partial charge >= 0.3 is 0 Å². The maximum atomic E-state index is 13.6. The fraction of sp³-hybridized carbons (Fsp3) is 0.600. The maximum Gasteiger partial charge on any atom is 0.165 e. The number of ether oxygens (including phenoxy) is 1. The first kappa shape index (κ1) is 12.3. The van der Waals surface area contributed by atoms with Gasteiger partial charge < -0.3 is 4.74 Å². The predicted molar refractivity (Wildman–Crippen MR) is 70.6 cm³/mol. The second kappa shape index (κ2) is 4.73. The van der Waals surface area contributed by atoms with Crippen LogP contribution in [0.1, 0.15) is 38.5 Å². The average molecular weight is 269 g/mol. The molecule has 1 aromatic rings. The Morgan fingerprint density at radius 3 is 2.56 bits per heavy atom. The molecule has 3 rings (SSSR count). The summed E-state index contributed by atoms with van der Waals surface area (Å²) in [7, 11) is 0. The summed E-state index contributed by atoms with van der Waals surface area (Å²) >= 11 is 6.41. The van der Waals surface area contributed by atoms with E-state index in [-0.39, 0.29) is 22.7 Å². The first-order valence-electron chi connectivity index (χ1n) is 6.78. The molecule has 2 aliphatic rings. The number of para-hydroxylation sites is 1. The molecule has 0 amide bonds. The zero-order chi connectivity index (χ0) is 12.6. The number of hydrogen-bond acceptors (Lipinski definition) is 1. The van der Waals surface area contributed by atoms with Crippen molar-refractivity contribution in [1.82, 2.24) is 0 Å². The van der Waals surface area contributed by atoms with Crippen LogP contribution in [-0.2, 0) is 0 Å². The van der Waals surface area contributed by atoms with Crippen molar-refractivity contribution in [2.24, 2.45) is 5.41 Å². The van der Waals surface area contributed by atoms with E-state index in [0.717, 1.165) is 19.3 Å². The molecule has 2 saturated carbocycles. The van der Waals surface area contributed by atoms with Crippen LogP contribution in [0.3, 0.4) is 0 Å². The lowest BCUT2D eigenvalue weighted by molar-refractivity contribution is -0.0665. The molecule has 0 heterocycles. The highest BCUT2D eigenvalue weighted by Gasteiger charge is 2.55. The van der Waals surface area contributed by atoms with Gasteiger partial charge in [0.1, 0.15) is 6.10 Å². The lowest BCUT2D eigenvalue weighted by Gasteiger charge is -2.55. The predicted octanol–water partition coefficient (Wildman–Crippen LogP) is 4.53. The summed E-state index contributed by atoms with van der Waals surface area (Å²) in [5.74, 6) is 0.0949. The van der Waals surface area contributed by atoms with Crippen LogP contribution in [-0.4, -0.2) is 11.5 Å². The Bertz CT molecular complexity index is 428. The molecule has 1 nitrogen and oxygen atoms in total. The van der Waals surface area contributed by atoms with Crippen molar-refractivity contribution in [2.75, 3.05) is 0 Å². The fourth-order valence-electron chi connectivity index (χ4n) is 3.40. The monoisotopic (exact) mass is 268 g/mol. The van der Waals surface area contributed by atoms with Crippen molar-refractivity contribution in [1.29, 1.82) is 0 Å². The lowest BCUT2D eigenvalue weighted by atomic mass is 9.58. The van der Waals surface area contributed by atoms with E-state index in [1.807, 2.05) is 6.07 Å². The molecule has 0 N–H and O–H groups in total. The van der Waals surface area contributed by atoms with Crippen molar-refractivity contribution >= 4 is 11.6 Å². The molecule has 2 fully saturated rings. The molecule has 0 aliphatic heterocycles.